The normalized spacial score (nSPS) is 13.5. The highest BCUT2D eigenvalue weighted by Gasteiger charge is 1.99. The lowest BCUT2D eigenvalue weighted by molar-refractivity contribution is 0.478. The fourth-order valence-corrected chi connectivity index (χ4v) is 1.79. The van der Waals surface area contributed by atoms with Gasteiger partial charge in [-0.25, -0.2) is 0 Å². The van der Waals surface area contributed by atoms with Gasteiger partial charge in [0, 0.05) is 34.9 Å². The summed E-state index contributed by atoms with van der Waals surface area (Å²) in [4.78, 5) is 6.51. The second-order valence-electron chi connectivity index (χ2n) is 2.94. The molecule has 0 aliphatic carbocycles. The number of hydrogen-bond donors (Lipinski definition) is 1. The van der Waals surface area contributed by atoms with E-state index in [1.807, 2.05) is 0 Å². The van der Waals surface area contributed by atoms with E-state index in [9.17, 15) is 0 Å². The number of hydrogen-bond acceptors (Lipinski definition) is 3. The Labute approximate surface area is 90.0 Å². The van der Waals surface area contributed by atoms with Gasteiger partial charge in [-0.3, -0.25) is 4.99 Å². The van der Waals surface area contributed by atoms with Gasteiger partial charge in [0.1, 0.15) is 0 Å². The van der Waals surface area contributed by atoms with Crippen LogP contribution in [0.1, 0.15) is 20.3 Å². The largest absolute Gasteiger partial charge is 0.369 e. The van der Waals surface area contributed by atoms with Gasteiger partial charge < -0.3 is 4.90 Å². The summed E-state index contributed by atoms with van der Waals surface area (Å²) in [7, 11) is 3.19. The van der Waals surface area contributed by atoms with Crippen LogP contribution >= 0.6 is 12.6 Å². The van der Waals surface area contributed by atoms with Gasteiger partial charge in [-0.05, 0) is 19.4 Å². The van der Waals surface area contributed by atoms with E-state index in [0.29, 0.717) is 0 Å². The Morgan fingerprint density at radius 1 is 1.62 bits per heavy atom. The SMILES string of the molecule is CC/C(=C/C(C)=NC[SiH3])N(C)CS. The summed E-state index contributed by atoms with van der Waals surface area (Å²) in [5.41, 5.74) is 2.42. The number of nitrogens with zero attached hydrogens (tertiary/aromatic N) is 2. The Hall–Kier alpha value is -0.223. The minimum atomic E-state index is 0.758. The molecule has 4 heteroatoms. The lowest BCUT2D eigenvalue weighted by Crippen LogP contribution is -2.16. The third-order valence-electron chi connectivity index (χ3n) is 1.85. The van der Waals surface area contributed by atoms with Gasteiger partial charge in [0.2, 0.25) is 0 Å². The fraction of sp³-hybridized carbons (Fsp3) is 0.667. The Morgan fingerprint density at radius 3 is 2.62 bits per heavy atom. The summed E-state index contributed by atoms with van der Waals surface area (Å²) in [5.74, 6) is 0.758. The van der Waals surface area contributed by atoms with Crippen molar-refractivity contribution in [3.63, 3.8) is 0 Å². The van der Waals surface area contributed by atoms with E-state index >= 15 is 0 Å². The van der Waals surface area contributed by atoms with Gasteiger partial charge in [0.15, 0.2) is 0 Å². The first kappa shape index (κ1) is 12.8. The Kier molecular flexibility index (Phi) is 7.08. The molecule has 0 amide bonds. The zero-order chi connectivity index (χ0) is 10.3. The average molecular weight is 216 g/mol. The van der Waals surface area contributed by atoms with E-state index in [4.69, 9.17) is 0 Å². The van der Waals surface area contributed by atoms with Crippen LogP contribution in [-0.4, -0.2) is 39.9 Å². The van der Waals surface area contributed by atoms with E-state index in [1.54, 1.807) is 0 Å². The van der Waals surface area contributed by atoms with Gasteiger partial charge >= 0.3 is 0 Å². The van der Waals surface area contributed by atoms with E-state index in [-0.39, 0.29) is 0 Å². The number of aliphatic imine (C=N–C) groups is 1. The van der Waals surface area contributed by atoms with Crippen molar-refractivity contribution in [3.05, 3.63) is 11.8 Å². The van der Waals surface area contributed by atoms with Crippen molar-refractivity contribution < 1.29 is 0 Å². The van der Waals surface area contributed by atoms with E-state index in [0.717, 1.165) is 34.4 Å². The maximum Gasteiger partial charge on any atom is 0.0603 e. The third-order valence-corrected chi connectivity index (χ3v) is 2.59. The first-order valence-corrected chi connectivity index (χ1v) is 6.73. The number of rotatable bonds is 5. The van der Waals surface area contributed by atoms with Crippen molar-refractivity contribution in [2.45, 2.75) is 20.3 Å². The second-order valence-corrected chi connectivity index (χ2v) is 3.86. The molecule has 0 saturated carbocycles. The molecule has 0 aromatic rings. The summed E-state index contributed by atoms with van der Waals surface area (Å²) < 4.78 is 0. The first-order chi connectivity index (χ1) is 6.15. The Balaban J connectivity index is 4.46. The van der Waals surface area contributed by atoms with Crippen molar-refractivity contribution in [2.24, 2.45) is 4.99 Å². The molecule has 0 heterocycles. The monoisotopic (exact) mass is 216 g/mol. The molecule has 0 fully saturated rings. The number of allylic oxidation sites excluding steroid dienone is 2. The zero-order valence-corrected chi connectivity index (χ0v) is 11.9. The second kappa shape index (κ2) is 7.21. The predicted octanol–water partition coefficient (Wildman–Crippen LogP) is 0.883. The van der Waals surface area contributed by atoms with Crippen LogP contribution in [0.3, 0.4) is 0 Å². The third kappa shape index (κ3) is 5.16. The standard InChI is InChI=1S/C9H20N2SSi/c1-4-9(11(3)7-12)5-8(2)10-6-13/h5,12H,4,6-7H2,1-3,13H3/b9-5-,10-8?. The molecule has 0 unspecified atom stereocenters. The van der Waals surface area contributed by atoms with Crippen molar-refractivity contribution >= 4 is 28.6 Å². The first-order valence-electron chi connectivity index (χ1n) is 4.69. The summed E-state index contributed by atoms with van der Waals surface area (Å²) >= 11 is 4.24. The highest BCUT2D eigenvalue weighted by atomic mass is 32.1. The van der Waals surface area contributed by atoms with Crippen LogP contribution in [0.25, 0.3) is 0 Å². The van der Waals surface area contributed by atoms with Crippen LogP contribution in [0.4, 0.5) is 0 Å². The molecule has 0 N–H and O–H groups in total. The van der Waals surface area contributed by atoms with Crippen LogP contribution in [0.2, 0.25) is 0 Å². The zero-order valence-electron chi connectivity index (χ0n) is 9.04. The average Bonchev–Trinajstić information content (AvgIpc) is 2.13. The molecular formula is C9H20N2SSi. The molecule has 0 aliphatic heterocycles. The summed E-state index contributed by atoms with van der Waals surface area (Å²) in [5, 5.41) is 0. The van der Waals surface area contributed by atoms with E-state index < -0.39 is 0 Å². The molecule has 76 valence electrons. The van der Waals surface area contributed by atoms with Crippen molar-refractivity contribution in [2.75, 3.05) is 19.1 Å². The quantitative estimate of drug-likeness (QED) is 0.312. The maximum atomic E-state index is 4.38. The van der Waals surface area contributed by atoms with Crippen molar-refractivity contribution in [3.8, 4) is 0 Å². The molecule has 0 bridgehead atoms. The molecular weight excluding hydrogens is 196 g/mol. The van der Waals surface area contributed by atoms with E-state index in [2.05, 4.69) is 49.5 Å². The lowest BCUT2D eigenvalue weighted by Gasteiger charge is -2.18. The van der Waals surface area contributed by atoms with Gasteiger partial charge in [0.25, 0.3) is 0 Å². The molecule has 0 radical (unpaired) electrons. The van der Waals surface area contributed by atoms with Crippen LogP contribution in [0.5, 0.6) is 0 Å². The highest BCUT2D eigenvalue weighted by Crippen LogP contribution is 2.07. The predicted molar refractivity (Wildman–Crippen MR) is 67.9 cm³/mol. The molecule has 2 nitrogen and oxygen atoms in total. The van der Waals surface area contributed by atoms with Crippen LogP contribution in [-0.2, 0) is 0 Å². The maximum absolute atomic E-state index is 4.38. The topological polar surface area (TPSA) is 15.6 Å². The van der Waals surface area contributed by atoms with Gasteiger partial charge in [-0.1, -0.05) is 6.92 Å². The molecule has 0 atom stereocenters. The summed E-state index contributed by atoms with van der Waals surface area (Å²) in [6, 6.07) is 0. The molecule has 0 rings (SSSR count). The van der Waals surface area contributed by atoms with E-state index in [1.165, 1.54) is 5.70 Å². The highest BCUT2D eigenvalue weighted by molar-refractivity contribution is 7.80. The summed E-state index contributed by atoms with van der Waals surface area (Å²) in [6.45, 7) is 4.21. The lowest BCUT2D eigenvalue weighted by atomic mass is 10.2. The minimum absolute atomic E-state index is 0.758. The molecule has 0 spiro atoms. The fourth-order valence-electron chi connectivity index (χ4n) is 1.11. The molecule has 0 aromatic carbocycles. The van der Waals surface area contributed by atoms with Crippen LogP contribution in [0.15, 0.2) is 16.8 Å². The molecule has 0 aromatic heterocycles. The number of thiol groups is 1. The minimum Gasteiger partial charge on any atom is -0.369 e. The van der Waals surface area contributed by atoms with Gasteiger partial charge in [-0.2, -0.15) is 12.6 Å². The molecule has 0 aliphatic rings. The molecule has 0 saturated heterocycles. The van der Waals surface area contributed by atoms with Crippen LogP contribution in [0, 0.1) is 0 Å². The van der Waals surface area contributed by atoms with Crippen molar-refractivity contribution in [1.29, 1.82) is 0 Å². The smallest absolute Gasteiger partial charge is 0.0603 e. The van der Waals surface area contributed by atoms with Crippen molar-refractivity contribution in [1.82, 2.24) is 4.90 Å². The molecule has 13 heavy (non-hydrogen) atoms. The van der Waals surface area contributed by atoms with Gasteiger partial charge in [-0.15, -0.1) is 0 Å². The summed E-state index contributed by atoms with van der Waals surface area (Å²) in [6.07, 6.45) is 4.17. The Morgan fingerprint density at radius 2 is 2.23 bits per heavy atom. The van der Waals surface area contributed by atoms with Gasteiger partial charge in [0.05, 0.1) is 5.88 Å². The van der Waals surface area contributed by atoms with Crippen LogP contribution < -0.4 is 0 Å². The Bertz CT molecular complexity index is 202.